The summed E-state index contributed by atoms with van der Waals surface area (Å²) in [4.78, 5) is 0. The first-order chi connectivity index (χ1) is 9.29. The molecule has 1 aromatic rings. The van der Waals surface area contributed by atoms with Gasteiger partial charge in [-0.1, -0.05) is 32.1 Å². The molecule has 0 heterocycles. The van der Waals surface area contributed by atoms with E-state index in [9.17, 15) is 5.11 Å². The van der Waals surface area contributed by atoms with E-state index in [2.05, 4.69) is 5.32 Å². The van der Waals surface area contributed by atoms with Gasteiger partial charge in [-0.3, -0.25) is 0 Å². The highest BCUT2D eigenvalue weighted by Crippen LogP contribution is 2.23. The maximum Gasteiger partial charge on any atom is 0.120 e. The predicted molar refractivity (Wildman–Crippen MR) is 77.6 cm³/mol. The topological polar surface area (TPSA) is 41.5 Å². The van der Waals surface area contributed by atoms with Crippen molar-refractivity contribution in [2.24, 2.45) is 0 Å². The summed E-state index contributed by atoms with van der Waals surface area (Å²) in [6.45, 7) is 0.716. The van der Waals surface area contributed by atoms with Crippen LogP contribution in [0.4, 0.5) is 0 Å². The summed E-state index contributed by atoms with van der Waals surface area (Å²) in [5, 5.41) is 13.4. The Labute approximate surface area is 116 Å². The zero-order valence-corrected chi connectivity index (χ0v) is 11.8. The quantitative estimate of drug-likeness (QED) is 0.872. The van der Waals surface area contributed by atoms with Crippen molar-refractivity contribution in [3.05, 3.63) is 23.8 Å². The molecule has 0 amide bonds. The van der Waals surface area contributed by atoms with Crippen molar-refractivity contribution < 1.29 is 9.84 Å². The van der Waals surface area contributed by atoms with Gasteiger partial charge in [0.1, 0.15) is 11.5 Å². The number of ether oxygens (including phenoxy) is 1. The number of rotatable bonds is 4. The lowest BCUT2D eigenvalue weighted by molar-refractivity contribution is 0.382. The van der Waals surface area contributed by atoms with Crippen LogP contribution in [0.1, 0.15) is 50.5 Å². The van der Waals surface area contributed by atoms with Gasteiger partial charge in [-0.25, -0.2) is 0 Å². The standard InChI is InChI=1S/C16H25NO2/c1-19-15-9-10-16(18)13(11-15)12-17-14-7-5-3-2-4-6-8-14/h9-11,14,17-18H,2-8,12H2,1H3. The first-order valence-electron chi connectivity index (χ1n) is 7.39. The third-order valence-corrected chi connectivity index (χ3v) is 3.97. The number of methoxy groups -OCH3 is 1. The van der Waals surface area contributed by atoms with E-state index in [4.69, 9.17) is 4.74 Å². The minimum atomic E-state index is 0.346. The van der Waals surface area contributed by atoms with Crippen LogP contribution in [0.5, 0.6) is 11.5 Å². The molecule has 1 saturated carbocycles. The molecule has 0 aromatic heterocycles. The summed E-state index contributed by atoms with van der Waals surface area (Å²) < 4.78 is 5.20. The monoisotopic (exact) mass is 263 g/mol. The largest absolute Gasteiger partial charge is 0.508 e. The van der Waals surface area contributed by atoms with E-state index < -0.39 is 0 Å². The van der Waals surface area contributed by atoms with Crippen LogP contribution in [0, 0.1) is 0 Å². The summed E-state index contributed by atoms with van der Waals surface area (Å²) in [7, 11) is 1.65. The zero-order chi connectivity index (χ0) is 13.5. The van der Waals surface area contributed by atoms with Crippen molar-refractivity contribution in [1.82, 2.24) is 5.32 Å². The highest BCUT2D eigenvalue weighted by Gasteiger charge is 2.12. The molecule has 106 valence electrons. The van der Waals surface area contributed by atoms with Crippen LogP contribution in [0.2, 0.25) is 0 Å². The molecule has 0 saturated heterocycles. The first-order valence-corrected chi connectivity index (χ1v) is 7.39. The minimum Gasteiger partial charge on any atom is -0.508 e. The fraction of sp³-hybridized carbons (Fsp3) is 0.625. The van der Waals surface area contributed by atoms with Crippen molar-refractivity contribution >= 4 is 0 Å². The maximum atomic E-state index is 9.86. The van der Waals surface area contributed by atoms with Crippen LogP contribution in [0.25, 0.3) is 0 Å². The molecule has 0 atom stereocenters. The number of phenolic OH excluding ortho intramolecular Hbond substituents is 1. The molecular formula is C16H25NO2. The molecule has 1 aliphatic rings. The molecule has 1 fully saturated rings. The van der Waals surface area contributed by atoms with Crippen LogP contribution >= 0.6 is 0 Å². The molecule has 1 aliphatic carbocycles. The van der Waals surface area contributed by atoms with Crippen molar-refractivity contribution in [3.63, 3.8) is 0 Å². The maximum absolute atomic E-state index is 9.86. The third kappa shape index (κ3) is 4.43. The highest BCUT2D eigenvalue weighted by molar-refractivity contribution is 5.39. The molecule has 0 bridgehead atoms. The molecule has 3 nitrogen and oxygen atoms in total. The third-order valence-electron chi connectivity index (χ3n) is 3.97. The van der Waals surface area contributed by atoms with Crippen molar-refractivity contribution in [2.75, 3.05) is 7.11 Å². The lowest BCUT2D eigenvalue weighted by Gasteiger charge is -2.21. The van der Waals surface area contributed by atoms with Gasteiger partial charge in [-0.05, 0) is 31.0 Å². The molecule has 3 heteroatoms. The lowest BCUT2D eigenvalue weighted by Crippen LogP contribution is -2.29. The van der Waals surface area contributed by atoms with Crippen LogP contribution in [0.15, 0.2) is 18.2 Å². The average Bonchev–Trinajstić information content (AvgIpc) is 2.39. The van der Waals surface area contributed by atoms with Gasteiger partial charge in [0.15, 0.2) is 0 Å². The number of hydrogen-bond acceptors (Lipinski definition) is 3. The second kappa shape index (κ2) is 7.39. The molecule has 1 aromatic carbocycles. The van der Waals surface area contributed by atoms with Crippen molar-refractivity contribution in [2.45, 2.75) is 57.5 Å². The molecule has 0 radical (unpaired) electrons. The molecule has 2 rings (SSSR count). The van der Waals surface area contributed by atoms with Crippen LogP contribution < -0.4 is 10.1 Å². The van der Waals surface area contributed by atoms with Gasteiger partial charge in [-0.15, -0.1) is 0 Å². The zero-order valence-electron chi connectivity index (χ0n) is 11.8. The molecular weight excluding hydrogens is 238 g/mol. The molecule has 0 unspecified atom stereocenters. The minimum absolute atomic E-state index is 0.346. The van der Waals surface area contributed by atoms with Gasteiger partial charge >= 0.3 is 0 Å². The summed E-state index contributed by atoms with van der Waals surface area (Å²) in [6, 6.07) is 5.99. The Morgan fingerprint density at radius 1 is 1.16 bits per heavy atom. The Morgan fingerprint density at radius 2 is 1.84 bits per heavy atom. The Morgan fingerprint density at radius 3 is 2.53 bits per heavy atom. The van der Waals surface area contributed by atoms with E-state index >= 15 is 0 Å². The molecule has 19 heavy (non-hydrogen) atoms. The Bertz CT molecular complexity index is 384. The Hall–Kier alpha value is -1.22. The molecule has 2 N–H and O–H groups in total. The average molecular weight is 263 g/mol. The highest BCUT2D eigenvalue weighted by atomic mass is 16.5. The normalized spacial score (nSPS) is 17.7. The smallest absolute Gasteiger partial charge is 0.120 e. The van der Waals surface area contributed by atoms with E-state index in [1.54, 1.807) is 19.2 Å². The number of phenols is 1. The summed E-state index contributed by atoms with van der Waals surface area (Å²) >= 11 is 0. The number of nitrogens with one attached hydrogen (secondary N) is 1. The lowest BCUT2D eigenvalue weighted by atomic mass is 9.96. The molecule has 0 aliphatic heterocycles. The van der Waals surface area contributed by atoms with Gasteiger partial charge in [-0.2, -0.15) is 0 Å². The Kier molecular flexibility index (Phi) is 5.52. The summed E-state index contributed by atoms with van der Waals surface area (Å²) in [5.74, 6) is 1.14. The predicted octanol–water partition coefficient (Wildman–Crippen LogP) is 3.60. The van der Waals surface area contributed by atoms with E-state index in [1.165, 1.54) is 44.9 Å². The van der Waals surface area contributed by atoms with Gasteiger partial charge in [0.05, 0.1) is 7.11 Å². The van der Waals surface area contributed by atoms with Crippen LogP contribution in [-0.4, -0.2) is 18.3 Å². The SMILES string of the molecule is COc1ccc(O)c(CNC2CCCCCCC2)c1. The first kappa shape index (κ1) is 14.2. The van der Waals surface area contributed by atoms with E-state index in [-0.39, 0.29) is 0 Å². The summed E-state index contributed by atoms with van der Waals surface area (Å²) in [5.41, 5.74) is 0.918. The van der Waals surface area contributed by atoms with Gasteiger partial charge in [0.2, 0.25) is 0 Å². The summed E-state index contributed by atoms with van der Waals surface area (Å²) in [6.07, 6.45) is 9.27. The fourth-order valence-corrected chi connectivity index (χ4v) is 2.74. The molecule has 0 spiro atoms. The van der Waals surface area contributed by atoms with Gasteiger partial charge in [0.25, 0.3) is 0 Å². The second-order valence-electron chi connectivity index (χ2n) is 5.42. The van der Waals surface area contributed by atoms with Crippen molar-refractivity contribution in [3.8, 4) is 11.5 Å². The van der Waals surface area contributed by atoms with E-state index in [1.807, 2.05) is 6.07 Å². The number of hydrogen-bond donors (Lipinski definition) is 2. The van der Waals surface area contributed by atoms with Crippen LogP contribution in [0.3, 0.4) is 0 Å². The van der Waals surface area contributed by atoms with Crippen molar-refractivity contribution in [1.29, 1.82) is 0 Å². The number of aromatic hydroxyl groups is 1. The van der Waals surface area contributed by atoms with E-state index in [0.29, 0.717) is 18.3 Å². The van der Waals surface area contributed by atoms with E-state index in [0.717, 1.165) is 11.3 Å². The second-order valence-corrected chi connectivity index (χ2v) is 5.42. The van der Waals surface area contributed by atoms with Crippen LogP contribution in [-0.2, 0) is 6.54 Å². The van der Waals surface area contributed by atoms with Gasteiger partial charge in [0, 0.05) is 18.2 Å². The number of benzene rings is 1. The fourth-order valence-electron chi connectivity index (χ4n) is 2.74. The Balaban J connectivity index is 1.89. The van der Waals surface area contributed by atoms with Gasteiger partial charge < -0.3 is 15.2 Å².